The SMILES string of the molecule is CCOC(=S)S.[H-].[Na+]. The molecule has 0 radical (unpaired) electrons. The molecular formula is C3H7NaOS2. The Labute approximate surface area is 78.0 Å². The van der Waals surface area contributed by atoms with E-state index in [9.17, 15) is 0 Å². The van der Waals surface area contributed by atoms with E-state index in [4.69, 9.17) is 0 Å². The third-order valence-electron chi connectivity index (χ3n) is 0.268. The Morgan fingerprint density at radius 3 is 2.43 bits per heavy atom. The standard InChI is InChI=1S/C3H6OS2.Na.H/c1-2-4-3(5)6;;/h2H2,1H3,(H,5,6);;/q;+1;-1. The van der Waals surface area contributed by atoms with Crippen LogP contribution in [0.15, 0.2) is 0 Å². The van der Waals surface area contributed by atoms with Crippen molar-refractivity contribution in [1.29, 1.82) is 0 Å². The molecule has 7 heavy (non-hydrogen) atoms. The molecule has 1 nitrogen and oxygen atoms in total. The zero-order chi connectivity index (χ0) is 4.99. The van der Waals surface area contributed by atoms with Crippen molar-refractivity contribution in [2.45, 2.75) is 6.92 Å². The molecule has 0 saturated heterocycles. The molecule has 0 spiro atoms. The molecule has 0 aliphatic rings. The third kappa shape index (κ3) is 11.1. The van der Waals surface area contributed by atoms with Crippen LogP contribution in [0, 0.1) is 0 Å². The average Bonchev–Trinajstić information content (AvgIpc) is 1.35. The van der Waals surface area contributed by atoms with Crippen LogP contribution in [0.25, 0.3) is 0 Å². The maximum absolute atomic E-state index is 4.64. The molecule has 0 saturated carbocycles. The van der Waals surface area contributed by atoms with E-state index in [1.165, 1.54) is 0 Å². The number of hydrogen-bond donors (Lipinski definition) is 1. The van der Waals surface area contributed by atoms with Gasteiger partial charge >= 0.3 is 29.6 Å². The molecule has 0 amide bonds. The van der Waals surface area contributed by atoms with Crippen LogP contribution in [0.5, 0.6) is 0 Å². The van der Waals surface area contributed by atoms with E-state index in [1.54, 1.807) is 0 Å². The van der Waals surface area contributed by atoms with Gasteiger partial charge in [-0.3, -0.25) is 0 Å². The Morgan fingerprint density at radius 1 is 2.00 bits per heavy atom. The molecule has 0 rings (SSSR count). The van der Waals surface area contributed by atoms with Crippen molar-refractivity contribution in [1.82, 2.24) is 0 Å². The molecule has 0 bridgehead atoms. The molecule has 0 atom stereocenters. The average molecular weight is 146 g/mol. The van der Waals surface area contributed by atoms with Crippen LogP contribution in [0.1, 0.15) is 8.35 Å². The van der Waals surface area contributed by atoms with Crippen molar-refractivity contribution < 1.29 is 35.7 Å². The predicted octanol–water partition coefficient (Wildman–Crippen LogP) is -1.65. The molecule has 0 aromatic rings. The van der Waals surface area contributed by atoms with Crippen LogP contribution < -0.4 is 29.6 Å². The normalized spacial score (nSPS) is 6.57. The Kier molecular flexibility index (Phi) is 11.5. The number of thiol groups is 1. The second-order valence-corrected chi connectivity index (χ2v) is 1.78. The van der Waals surface area contributed by atoms with Crippen molar-refractivity contribution in [3.05, 3.63) is 0 Å². The largest absolute Gasteiger partial charge is 1.00 e. The summed E-state index contributed by atoms with van der Waals surface area (Å²) >= 11 is 8.12. The Balaban J connectivity index is -0.000000125. The van der Waals surface area contributed by atoms with E-state index in [2.05, 4.69) is 29.6 Å². The first kappa shape index (κ1) is 11.1. The second kappa shape index (κ2) is 7.24. The zero-order valence-electron chi connectivity index (χ0n) is 5.47. The molecule has 0 aromatic carbocycles. The monoisotopic (exact) mass is 146 g/mol. The Bertz CT molecular complexity index is 61.2. The van der Waals surface area contributed by atoms with Crippen LogP contribution in [0.4, 0.5) is 0 Å². The first-order valence-electron chi connectivity index (χ1n) is 1.63. The van der Waals surface area contributed by atoms with Gasteiger partial charge in [0.05, 0.1) is 6.61 Å². The molecular weight excluding hydrogens is 139 g/mol. The summed E-state index contributed by atoms with van der Waals surface area (Å²) in [5, 5.41) is 0. The number of ether oxygens (including phenoxy) is 1. The third-order valence-corrected chi connectivity index (χ3v) is 0.515. The van der Waals surface area contributed by atoms with Gasteiger partial charge in [0, 0.05) is 0 Å². The van der Waals surface area contributed by atoms with Crippen molar-refractivity contribution in [2.75, 3.05) is 6.61 Å². The van der Waals surface area contributed by atoms with Gasteiger partial charge in [-0.15, -0.1) is 0 Å². The zero-order valence-corrected chi connectivity index (χ0v) is 8.18. The topological polar surface area (TPSA) is 9.23 Å². The van der Waals surface area contributed by atoms with Crippen molar-refractivity contribution in [3.8, 4) is 0 Å². The van der Waals surface area contributed by atoms with Gasteiger partial charge in [0.25, 0.3) is 0 Å². The van der Waals surface area contributed by atoms with E-state index in [-0.39, 0.29) is 31.0 Å². The molecule has 0 N–H and O–H groups in total. The fourth-order valence-electron chi connectivity index (χ4n) is 0.123. The maximum Gasteiger partial charge on any atom is 1.00 e. The molecule has 0 aliphatic carbocycles. The number of thiocarbonyl (C=S) groups is 1. The van der Waals surface area contributed by atoms with Gasteiger partial charge in [-0.2, -0.15) is 0 Å². The van der Waals surface area contributed by atoms with Crippen LogP contribution in [0.3, 0.4) is 0 Å². The van der Waals surface area contributed by atoms with Gasteiger partial charge in [0.1, 0.15) is 0 Å². The van der Waals surface area contributed by atoms with Crippen molar-refractivity contribution in [3.63, 3.8) is 0 Å². The Hall–Kier alpha value is 1.24. The predicted molar refractivity (Wildman–Crippen MR) is 34.3 cm³/mol. The summed E-state index contributed by atoms with van der Waals surface area (Å²) in [4.78, 5) is 0. The fraction of sp³-hybridized carbons (Fsp3) is 0.667. The van der Waals surface area contributed by atoms with E-state index in [0.29, 0.717) is 11.0 Å². The van der Waals surface area contributed by atoms with Gasteiger partial charge in [-0.25, -0.2) is 0 Å². The molecule has 0 aliphatic heterocycles. The molecule has 0 fully saturated rings. The first-order valence-corrected chi connectivity index (χ1v) is 2.48. The second-order valence-electron chi connectivity index (χ2n) is 0.699. The summed E-state index contributed by atoms with van der Waals surface area (Å²) in [7, 11) is 0. The summed E-state index contributed by atoms with van der Waals surface area (Å²) in [6.45, 7) is 2.48. The minimum absolute atomic E-state index is 0. The summed E-state index contributed by atoms with van der Waals surface area (Å²) in [6, 6.07) is 0. The number of hydrogen-bond acceptors (Lipinski definition) is 2. The van der Waals surface area contributed by atoms with Crippen LogP contribution in [0.2, 0.25) is 0 Å². The van der Waals surface area contributed by atoms with Crippen molar-refractivity contribution >= 4 is 29.2 Å². The smallest absolute Gasteiger partial charge is 1.00 e. The quantitative estimate of drug-likeness (QED) is 0.270. The fourth-order valence-corrected chi connectivity index (χ4v) is 0.370. The molecule has 0 unspecified atom stereocenters. The van der Waals surface area contributed by atoms with Gasteiger partial charge in [-0.05, 0) is 19.1 Å². The van der Waals surface area contributed by atoms with Crippen LogP contribution >= 0.6 is 24.8 Å². The summed E-state index contributed by atoms with van der Waals surface area (Å²) in [5.74, 6) is 0. The molecule has 38 valence electrons. The van der Waals surface area contributed by atoms with Gasteiger partial charge in [0.2, 0.25) is 4.38 Å². The molecule has 0 aromatic heterocycles. The Morgan fingerprint density at radius 2 is 2.43 bits per heavy atom. The van der Waals surface area contributed by atoms with E-state index in [1.807, 2.05) is 6.92 Å². The first-order chi connectivity index (χ1) is 2.77. The van der Waals surface area contributed by atoms with Gasteiger partial charge in [0.15, 0.2) is 0 Å². The molecule has 0 heterocycles. The van der Waals surface area contributed by atoms with Crippen LogP contribution in [-0.4, -0.2) is 11.0 Å². The minimum Gasteiger partial charge on any atom is -1.00 e. The van der Waals surface area contributed by atoms with E-state index >= 15 is 0 Å². The number of rotatable bonds is 1. The summed E-state index contributed by atoms with van der Waals surface area (Å²) < 4.78 is 4.95. The summed E-state index contributed by atoms with van der Waals surface area (Å²) in [5.41, 5.74) is 0. The van der Waals surface area contributed by atoms with E-state index < -0.39 is 0 Å². The van der Waals surface area contributed by atoms with E-state index in [0.717, 1.165) is 0 Å². The van der Waals surface area contributed by atoms with Crippen molar-refractivity contribution in [2.24, 2.45) is 0 Å². The van der Waals surface area contributed by atoms with Gasteiger partial charge in [-0.1, -0.05) is 12.6 Å². The maximum atomic E-state index is 4.64. The molecule has 4 heteroatoms. The van der Waals surface area contributed by atoms with Crippen LogP contribution in [-0.2, 0) is 4.74 Å². The minimum atomic E-state index is 0. The van der Waals surface area contributed by atoms with Gasteiger partial charge < -0.3 is 6.16 Å². The summed E-state index contributed by atoms with van der Waals surface area (Å²) in [6.07, 6.45) is 0.